The zero-order valence-electron chi connectivity index (χ0n) is 13.3. The fourth-order valence-corrected chi connectivity index (χ4v) is 3.43. The molecule has 0 aliphatic carbocycles. The van der Waals surface area contributed by atoms with Crippen molar-refractivity contribution in [2.75, 3.05) is 0 Å². The van der Waals surface area contributed by atoms with Gasteiger partial charge in [0.05, 0.1) is 4.20 Å². The van der Waals surface area contributed by atoms with Crippen molar-refractivity contribution in [1.82, 2.24) is 0 Å². The van der Waals surface area contributed by atoms with Crippen molar-refractivity contribution in [3.8, 4) is 0 Å². The number of thioether (sulfide) groups is 1. The van der Waals surface area contributed by atoms with Crippen LogP contribution < -0.4 is 0 Å². The molecule has 0 radical (unpaired) electrons. The van der Waals surface area contributed by atoms with Gasteiger partial charge in [0.1, 0.15) is 0 Å². The molecule has 0 amide bonds. The van der Waals surface area contributed by atoms with Crippen LogP contribution >= 0.6 is 24.0 Å². The molecule has 0 atom stereocenters. The maximum atomic E-state index is 5.49. The third-order valence-corrected chi connectivity index (χ3v) is 4.24. The first kappa shape index (κ1) is 19.1. The van der Waals surface area contributed by atoms with Gasteiger partial charge in [0.15, 0.2) is 0 Å². The predicted octanol–water partition coefficient (Wildman–Crippen LogP) is 6.42. The number of benzene rings is 1. The Kier molecular flexibility index (Phi) is 9.52. The Balaban J connectivity index is 0.00000110. The summed E-state index contributed by atoms with van der Waals surface area (Å²) in [4.78, 5) is 0. The van der Waals surface area contributed by atoms with Crippen molar-refractivity contribution >= 4 is 28.2 Å². The molecular formula is C18H26S2. The highest BCUT2D eigenvalue weighted by molar-refractivity contribution is 8.24. The highest BCUT2D eigenvalue weighted by atomic mass is 32.2. The largest absolute Gasteiger partial charge is 0.103 e. The number of hydrogen-bond donors (Lipinski definition) is 0. The van der Waals surface area contributed by atoms with Gasteiger partial charge in [-0.3, -0.25) is 0 Å². The molecule has 0 spiro atoms. The molecule has 0 unspecified atom stereocenters. The van der Waals surface area contributed by atoms with Gasteiger partial charge in [-0.25, -0.2) is 0 Å². The van der Waals surface area contributed by atoms with E-state index in [1.807, 2.05) is 31.2 Å². The van der Waals surface area contributed by atoms with E-state index in [1.165, 1.54) is 12.0 Å². The summed E-state index contributed by atoms with van der Waals surface area (Å²) in [5.74, 6) is 0. The summed E-state index contributed by atoms with van der Waals surface area (Å²) in [5.41, 5.74) is 2.32. The summed E-state index contributed by atoms with van der Waals surface area (Å²) < 4.78 is 0.889. The fourth-order valence-electron chi connectivity index (χ4n) is 1.64. The SMILES string of the molecule is C=C/C(=C\C)C(C)(C)SC(=S)c1ccccc1.CCC. The highest BCUT2D eigenvalue weighted by Gasteiger charge is 2.23. The van der Waals surface area contributed by atoms with Crippen LogP contribution in [0.2, 0.25) is 0 Å². The number of rotatable bonds is 4. The van der Waals surface area contributed by atoms with Gasteiger partial charge in [-0.1, -0.05) is 81.5 Å². The van der Waals surface area contributed by atoms with Crippen LogP contribution in [-0.4, -0.2) is 8.94 Å². The molecule has 0 bridgehead atoms. The van der Waals surface area contributed by atoms with Gasteiger partial charge >= 0.3 is 0 Å². The summed E-state index contributed by atoms with van der Waals surface area (Å²) >= 11 is 7.19. The average molecular weight is 307 g/mol. The van der Waals surface area contributed by atoms with E-state index in [4.69, 9.17) is 12.2 Å². The molecule has 1 rings (SSSR count). The third kappa shape index (κ3) is 6.53. The van der Waals surface area contributed by atoms with E-state index in [-0.39, 0.29) is 4.75 Å². The summed E-state index contributed by atoms with van der Waals surface area (Å²) in [5, 5.41) is 0. The normalized spacial score (nSPS) is 11.3. The Morgan fingerprint density at radius 1 is 1.25 bits per heavy atom. The van der Waals surface area contributed by atoms with Crippen molar-refractivity contribution in [1.29, 1.82) is 0 Å². The van der Waals surface area contributed by atoms with E-state index in [1.54, 1.807) is 11.8 Å². The Morgan fingerprint density at radius 2 is 1.75 bits per heavy atom. The summed E-state index contributed by atoms with van der Waals surface area (Å²) in [6, 6.07) is 10.1. The second kappa shape index (κ2) is 9.95. The Hall–Kier alpha value is -0.860. The molecule has 1 aromatic rings. The van der Waals surface area contributed by atoms with Crippen LogP contribution in [-0.2, 0) is 0 Å². The van der Waals surface area contributed by atoms with Gasteiger partial charge in [-0.05, 0) is 31.9 Å². The molecule has 0 heterocycles. The van der Waals surface area contributed by atoms with E-state index < -0.39 is 0 Å². The second-order valence-electron chi connectivity index (χ2n) is 4.92. The monoisotopic (exact) mass is 306 g/mol. The molecule has 0 saturated carbocycles. The van der Waals surface area contributed by atoms with Crippen LogP contribution in [0.5, 0.6) is 0 Å². The van der Waals surface area contributed by atoms with Crippen LogP contribution in [0.3, 0.4) is 0 Å². The lowest BCUT2D eigenvalue weighted by Crippen LogP contribution is -2.19. The minimum atomic E-state index is -0.0383. The van der Waals surface area contributed by atoms with E-state index in [2.05, 4.69) is 52.5 Å². The lowest BCUT2D eigenvalue weighted by Gasteiger charge is -2.25. The number of thiocarbonyl (C=S) groups is 1. The Labute approximate surface area is 134 Å². The average Bonchev–Trinajstić information content (AvgIpc) is 2.41. The maximum Gasteiger partial charge on any atom is 0.0786 e. The van der Waals surface area contributed by atoms with Crippen molar-refractivity contribution < 1.29 is 0 Å². The topological polar surface area (TPSA) is 0 Å². The third-order valence-electron chi connectivity index (χ3n) is 2.58. The predicted molar refractivity (Wildman–Crippen MR) is 99.7 cm³/mol. The van der Waals surface area contributed by atoms with Crippen LogP contribution in [0.15, 0.2) is 54.6 Å². The Bertz CT molecular complexity index is 442. The quantitative estimate of drug-likeness (QED) is 0.465. The smallest absolute Gasteiger partial charge is 0.0786 e. The van der Waals surface area contributed by atoms with Crippen LogP contribution in [0.25, 0.3) is 0 Å². The molecule has 0 N–H and O–H groups in total. The standard InChI is InChI=1S/C15H18S2.C3H8/c1-5-13(6-2)15(3,4)17-14(16)12-10-8-7-9-11-12;1-3-2/h5-11H,1H2,2-4H3;3H2,1-2H3/b13-6+;. The van der Waals surface area contributed by atoms with E-state index in [0.717, 1.165) is 9.76 Å². The van der Waals surface area contributed by atoms with E-state index in [9.17, 15) is 0 Å². The van der Waals surface area contributed by atoms with Gasteiger partial charge in [-0.15, -0.1) is 11.8 Å². The van der Waals surface area contributed by atoms with Crippen molar-refractivity contribution in [3.63, 3.8) is 0 Å². The van der Waals surface area contributed by atoms with Crippen molar-refractivity contribution in [2.45, 2.75) is 45.8 Å². The van der Waals surface area contributed by atoms with E-state index >= 15 is 0 Å². The minimum Gasteiger partial charge on any atom is -0.103 e. The summed E-state index contributed by atoms with van der Waals surface area (Å²) in [6.45, 7) is 14.5. The number of hydrogen-bond acceptors (Lipinski definition) is 2. The lowest BCUT2D eigenvalue weighted by molar-refractivity contribution is 0.861. The molecule has 110 valence electrons. The molecule has 0 saturated heterocycles. The van der Waals surface area contributed by atoms with Crippen LogP contribution in [0.4, 0.5) is 0 Å². The molecule has 0 aliphatic heterocycles. The van der Waals surface area contributed by atoms with Gasteiger partial charge in [0, 0.05) is 4.75 Å². The highest BCUT2D eigenvalue weighted by Crippen LogP contribution is 2.35. The molecule has 0 aliphatic rings. The molecule has 0 aromatic heterocycles. The molecule has 20 heavy (non-hydrogen) atoms. The fraction of sp³-hybridized carbons (Fsp3) is 0.389. The van der Waals surface area contributed by atoms with Gasteiger partial charge in [0.2, 0.25) is 0 Å². The second-order valence-corrected chi connectivity index (χ2v) is 7.22. The summed E-state index contributed by atoms with van der Waals surface area (Å²) in [7, 11) is 0. The van der Waals surface area contributed by atoms with Crippen molar-refractivity contribution in [3.05, 3.63) is 60.2 Å². The van der Waals surface area contributed by atoms with E-state index in [0.29, 0.717) is 0 Å². The molecule has 0 nitrogen and oxygen atoms in total. The lowest BCUT2D eigenvalue weighted by atomic mass is 10.0. The van der Waals surface area contributed by atoms with Gasteiger partial charge in [-0.2, -0.15) is 0 Å². The molecule has 0 fully saturated rings. The van der Waals surface area contributed by atoms with Crippen LogP contribution in [0.1, 0.15) is 46.6 Å². The zero-order chi connectivity index (χ0) is 15.6. The van der Waals surface area contributed by atoms with Crippen LogP contribution in [0, 0.1) is 0 Å². The minimum absolute atomic E-state index is 0.0383. The summed E-state index contributed by atoms with van der Waals surface area (Å²) in [6.07, 6.45) is 5.24. The first-order valence-corrected chi connectivity index (χ1v) is 8.22. The number of allylic oxidation sites excluding steroid dienone is 2. The first-order valence-electron chi connectivity index (χ1n) is 7.00. The van der Waals surface area contributed by atoms with Gasteiger partial charge in [0.25, 0.3) is 0 Å². The Morgan fingerprint density at radius 3 is 2.15 bits per heavy atom. The first-order chi connectivity index (χ1) is 9.42. The zero-order valence-corrected chi connectivity index (χ0v) is 14.9. The maximum absolute atomic E-state index is 5.49. The van der Waals surface area contributed by atoms with Crippen molar-refractivity contribution in [2.24, 2.45) is 0 Å². The van der Waals surface area contributed by atoms with Gasteiger partial charge < -0.3 is 0 Å². The molecule has 1 aromatic carbocycles. The molecular weight excluding hydrogens is 280 g/mol. The molecule has 2 heteroatoms.